The lowest BCUT2D eigenvalue weighted by molar-refractivity contribution is 0.227. The summed E-state index contributed by atoms with van der Waals surface area (Å²) in [6.07, 6.45) is 2.42. The first-order valence-corrected chi connectivity index (χ1v) is 7.67. The molecule has 0 bridgehead atoms. The largest absolute Gasteiger partial charge is 0.329 e. The van der Waals surface area contributed by atoms with Crippen LogP contribution in [0.5, 0.6) is 0 Å². The molecular weight excluding hydrogens is 220 g/mol. The molecule has 0 rings (SSSR count). The highest BCUT2D eigenvalue weighted by atomic mass is 15.0. The predicted molar refractivity (Wildman–Crippen MR) is 82.7 cm³/mol. The van der Waals surface area contributed by atoms with Crippen LogP contribution in [0.2, 0.25) is 0 Å². The summed E-state index contributed by atoms with van der Waals surface area (Å²) in [5.74, 6) is 2.94. The van der Waals surface area contributed by atoms with E-state index in [9.17, 15) is 0 Å². The van der Waals surface area contributed by atoms with Crippen LogP contribution in [0, 0.1) is 23.7 Å². The minimum Gasteiger partial charge on any atom is -0.329 e. The van der Waals surface area contributed by atoms with Crippen molar-refractivity contribution >= 4 is 0 Å². The Balaban J connectivity index is 4.34. The molecule has 0 aromatic carbocycles. The summed E-state index contributed by atoms with van der Waals surface area (Å²) in [6, 6.07) is 0. The van der Waals surface area contributed by atoms with Gasteiger partial charge in [0, 0.05) is 12.1 Å². The van der Waals surface area contributed by atoms with Crippen LogP contribution >= 0.6 is 0 Å². The summed E-state index contributed by atoms with van der Waals surface area (Å²) in [6.45, 7) is 17.9. The van der Waals surface area contributed by atoms with Gasteiger partial charge in [-0.25, -0.2) is 0 Å². The summed E-state index contributed by atoms with van der Waals surface area (Å²) in [5.41, 5.74) is 6.07. The van der Waals surface area contributed by atoms with Gasteiger partial charge in [0.05, 0.1) is 0 Å². The Morgan fingerprint density at radius 1 is 1.00 bits per heavy atom. The van der Waals surface area contributed by atoms with Crippen molar-refractivity contribution < 1.29 is 0 Å². The Morgan fingerprint density at radius 3 is 1.83 bits per heavy atom. The number of nitrogens with one attached hydrogen (secondary N) is 1. The molecule has 110 valence electrons. The minimum absolute atomic E-state index is 0.103. The quantitative estimate of drug-likeness (QED) is 0.661. The molecule has 0 spiro atoms. The van der Waals surface area contributed by atoms with Gasteiger partial charge in [-0.05, 0) is 50.0 Å². The summed E-state index contributed by atoms with van der Waals surface area (Å²) in [4.78, 5) is 0. The summed E-state index contributed by atoms with van der Waals surface area (Å²) in [7, 11) is 0. The van der Waals surface area contributed by atoms with Crippen molar-refractivity contribution in [1.29, 1.82) is 0 Å². The van der Waals surface area contributed by atoms with Crippen molar-refractivity contribution in [1.82, 2.24) is 5.32 Å². The first kappa shape index (κ1) is 17.9. The van der Waals surface area contributed by atoms with E-state index in [1.165, 1.54) is 12.8 Å². The van der Waals surface area contributed by atoms with E-state index in [1.54, 1.807) is 0 Å². The molecule has 2 nitrogen and oxygen atoms in total. The van der Waals surface area contributed by atoms with Crippen LogP contribution in [0.4, 0.5) is 0 Å². The molecule has 0 aromatic rings. The third kappa shape index (κ3) is 6.75. The Labute approximate surface area is 115 Å². The highest BCUT2D eigenvalue weighted by Crippen LogP contribution is 2.22. The fourth-order valence-corrected chi connectivity index (χ4v) is 2.48. The van der Waals surface area contributed by atoms with Gasteiger partial charge in [0.25, 0.3) is 0 Å². The predicted octanol–water partition coefficient (Wildman–Crippen LogP) is 3.66. The van der Waals surface area contributed by atoms with Crippen LogP contribution in [0.25, 0.3) is 0 Å². The van der Waals surface area contributed by atoms with E-state index in [1.807, 2.05) is 0 Å². The fourth-order valence-electron chi connectivity index (χ4n) is 2.48. The number of nitrogens with two attached hydrogens (primary N) is 1. The lowest BCUT2D eigenvalue weighted by Gasteiger charge is -2.34. The normalized spacial score (nSPS) is 16.0. The Bertz CT molecular complexity index is 203. The van der Waals surface area contributed by atoms with Gasteiger partial charge in [-0.1, -0.05) is 41.5 Å². The fraction of sp³-hybridized carbons (Fsp3) is 1.00. The molecule has 1 atom stereocenters. The average Bonchev–Trinajstić information content (AvgIpc) is 2.25. The van der Waals surface area contributed by atoms with Crippen molar-refractivity contribution in [3.63, 3.8) is 0 Å². The van der Waals surface area contributed by atoms with Gasteiger partial charge in [0.1, 0.15) is 0 Å². The van der Waals surface area contributed by atoms with E-state index in [2.05, 4.69) is 53.8 Å². The SMILES string of the molecule is CC(C)CCC(C)(CN)NCC(C(C)C)C(C)C. The molecule has 0 aliphatic carbocycles. The van der Waals surface area contributed by atoms with Crippen molar-refractivity contribution in [3.8, 4) is 0 Å². The topological polar surface area (TPSA) is 38.0 Å². The Morgan fingerprint density at radius 2 is 1.50 bits per heavy atom. The zero-order valence-corrected chi connectivity index (χ0v) is 13.7. The Kier molecular flexibility index (Phi) is 8.13. The second-order valence-corrected chi connectivity index (χ2v) is 7.23. The molecule has 0 amide bonds. The molecule has 0 fully saturated rings. The molecule has 0 aliphatic rings. The van der Waals surface area contributed by atoms with Crippen LogP contribution in [0.3, 0.4) is 0 Å². The third-order valence-electron chi connectivity index (χ3n) is 4.20. The first-order valence-electron chi connectivity index (χ1n) is 7.67. The van der Waals surface area contributed by atoms with Gasteiger partial charge in [-0.15, -0.1) is 0 Å². The van der Waals surface area contributed by atoms with Crippen molar-refractivity contribution in [3.05, 3.63) is 0 Å². The molecular formula is C16H36N2. The molecule has 18 heavy (non-hydrogen) atoms. The minimum atomic E-state index is 0.103. The number of hydrogen-bond donors (Lipinski definition) is 2. The van der Waals surface area contributed by atoms with E-state index >= 15 is 0 Å². The molecule has 0 aromatic heterocycles. The van der Waals surface area contributed by atoms with Gasteiger partial charge in [0.2, 0.25) is 0 Å². The molecule has 0 heterocycles. The summed E-state index contributed by atoms with van der Waals surface area (Å²) in [5, 5.41) is 3.74. The number of rotatable bonds is 9. The zero-order chi connectivity index (χ0) is 14.3. The lowest BCUT2D eigenvalue weighted by atomic mass is 9.84. The molecule has 0 saturated heterocycles. The molecule has 0 radical (unpaired) electrons. The van der Waals surface area contributed by atoms with Gasteiger partial charge in [-0.3, -0.25) is 0 Å². The summed E-state index contributed by atoms with van der Waals surface area (Å²) >= 11 is 0. The highest BCUT2D eigenvalue weighted by molar-refractivity contribution is 4.86. The van der Waals surface area contributed by atoms with E-state index in [4.69, 9.17) is 5.73 Å². The van der Waals surface area contributed by atoms with Gasteiger partial charge in [-0.2, -0.15) is 0 Å². The second kappa shape index (κ2) is 8.16. The Hall–Kier alpha value is -0.0800. The van der Waals surface area contributed by atoms with Crippen LogP contribution in [-0.4, -0.2) is 18.6 Å². The molecule has 3 N–H and O–H groups in total. The maximum absolute atomic E-state index is 5.97. The van der Waals surface area contributed by atoms with Gasteiger partial charge >= 0.3 is 0 Å². The average molecular weight is 256 g/mol. The molecule has 0 saturated carbocycles. The van der Waals surface area contributed by atoms with Crippen molar-refractivity contribution in [2.24, 2.45) is 29.4 Å². The van der Waals surface area contributed by atoms with Crippen LogP contribution < -0.4 is 11.1 Å². The maximum Gasteiger partial charge on any atom is 0.0275 e. The van der Waals surface area contributed by atoms with Crippen molar-refractivity contribution in [2.45, 2.75) is 66.8 Å². The highest BCUT2D eigenvalue weighted by Gasteiger charge is 2.25. The maximum atomic E-state index is 5.97. The molecule has 2 heteroatoms. The lowest BCUT2D eigenvalue weighted by Crippen LogP contribution is -2.51. The van der Waals surface area contributed by atoms with E-state index in [-0.39, 0.29) is 5.54 Å². The third-order valence-corrected chi connectivity index (χ3v) is 4.20. The van der Waals surface area contributed by atoms with Crippen molar-refractivity contribution in [2.75, 3.05) is 13.1 Å². The number of hydrogen-bond acceptors (Lipinski definition) is 2. The van der Waals surface area contributed by atoms with Crippen LogP contribution in [0.1, 0.15) is 61.3 Å². The van der Waals surface area contributed by atoms with E-state index < -0.39 is 0 Å². The smallest absolute Gasteiger partial charge is 0.0275 e. The van der Waals surface area contributed by atoms with Crippen LogP contribution in [0.15, 0.2) is 0 Å². The van der Waals surface area contributed by atoms with Gasteiger partial charge in [0.15, 0.2) is 0 Å². The van der Waals surface area contributed by atoms with E-state index in [0.717, 1.165) is 36.8 Å². The summed E-state index contributed by atoms with van der Waals surface area (Å²) < 4.78 is 0. The van der Waals surface area contributed by atoms with Gasteiger partial charge < -0.3 is 11.1 Å². The standard InChI is InChI=1S/C16H36N2/c1-12(2)8-9-16(7,11-17)18-10-15(13(3)4)14(5)6/h12-15,18H,8-11,17H2,1-7H3. The molecule has 0 aliphatic heterocycles. The monoisotopic (exact) mass is 256 g/mol. The molecule has 1 unspecified atom stereocenters. The van der Waals surface area contributed by atoms with Crippen LogP contribution in [-0.2, 0) is 0 Å². The van der Waals surface area contributed by atoms with E-state index in [0.29, 0.717) is 0 Å². The second-order valence-electron chi connectivity index (χ2n) is 7.23. The zero-order valence-electron chi connectivity index (χ0n) is 13.7. The first-order chi connectivity index (χ1) is 8.22.